The van der Waals surface area contributed by atoms with E-state index in [0.29, 0.717) is 46.5 Å². The zero-order chi connectivity index (χ0) is 34.0. The lowest BCUT2D eigenvalue weighted by atomic mass is 9.94. The lowest BCUT2D eigenvalue weighted by molar-refractivity contribution is -0.138. The van der Waals surface area contributed by atoms with Gasteiger partial charge in [-0.3, -0.25) is 18.8 Å². The van der Waals surface area contributed by atoms with Crippen molar-refractivity contribution in [3.8, 4) is 11.3 Å². The van der Waals surface area contributed by atoms with E-state index < -0.39 is 40.4 Å². The molecule has 0 atom stereocenters. The van der Waals surface area contributed by atoms with Gasteiger partial charge >= 0.3 is 6.18 Å². The van der Waals surface area contributed by atoms with Crippen LogP contribution in [-0.4, -0.2) is 32.1 Å². The number of primary amides is 1. The first-order chi connectivity index (χ1) is 21.4. The summed E-state index contributed by atoms with van der Waals surface area (Å²) in [4.78, 5) is 45.7. The first kappa shape index (κ1) is 34.1. The van der Waals surface area contributed by atoms with Crippen LogP contribution in [0.15, 0.2) is 55.0 Å². The standard InChI is InChI=1S/C28H25F3N6O3.C6H14/c1-15-11-34-26-36-22(14-37(26)13-15)18-5-3-16(2)21(10-18)35-23(38)19-6-4-17(9-20(19)28(29,30)31)12-33-25(40)27(7-8-27)24(32)39;1-5-6(2,3)4/h3-6,9-11,13-14H,7-8,12H2,1-2H3,(H2,32,39)(H,33,40)(H,35,38);5H2,1-4H3. The van der Waals surface area contributed by atoms with Crippen LogP contribution in [0.3, 0.4) is 0 Å². The van der Waals surface area contributed by atoms with Gasteiger partial charge in [-0.25, -0.2) is 9.97 Å². The number of benzene rings is 2. The smallest absolute Gasteiger partial charge is 0.369 e. The molecule has 0 bridgehead atoms. The Balaban J connectivity index is 0.000000731. The SMILES string of the molecule is CCC(C)(C)C.Cc1cnc2nc(-c3ccc(C)c(NC(=O)c4ccc(CNC(=O)C5(C(N)=O)CC5)cc4C(F)(F)F)c3)cn2c1. The summed E-state index contributed by atoms with van der Waals surface area (Å²) in [5, 5.41) is 5.06. The minimum atomic E-state index is -4.84. The lowest BCUT2D eigenvalue weighted by Gasteiger charge is -2.17. The van der Waals surface area contributed by atoms with Crippen LogP contribution < -0.4 is 16.4 Å². The van der Waals surface area contributed by atoms with Crippen molar-refractivity contribution in [1.82, 2.24) is 19.7 Å². The monoisotopic (exact) mass is 636 g/mol. The van der Waals surface area contributed by atoms with Crippen molar-refractivity contribution in [2.24, 2.45) is 16.6 Å². The molecule has 1 aliphatic rings. The number of halogens is 3. The lowest BCUT2D eigenvalue weighted by Crippen LogP contribution is -2.40. The summed E-state index contributed by atoms with van der Waals surface area (Å²) in [5.74, 6) is -1.84. The van der Waals surface area contributed by atoms with Crippen LogP contribution in [0.1, 0.15) is 79.6 Å². The third kappa shape index (κ3) is 7.91. The molecule has 4 aromatic rings. The highest BCUT2D eigenvalue weighted by Gasteiger charge is 2.55. The van der Waals surface area contributed by atoms with Gasteiger partial charge in [0.25, 0.3) is 5.91 Å². The summed E-state index contributed by atoms with van der Waals surface area (Å²) in [5.41, 5.74) is 6.07. The van der Waals surface area contributed by atoms with Crippen LogP contribution in [0.2, 0.25) is 0 Å². The molecule has 0 saturated heterocycles. The Kier molecular flexibility index (Phi) is 9.60. The van der Waals surface area contributed by atoms with Gasteiger partial charge < -0.3 is 16.4 Å². The number of carbonyl (C=O) groups excluding carboxylic acids is 3. The van der Waals surface area contributed by atoms with Crippen LogP contribution >= 0.6 is 0 Å². The number of imidazole rings is 1. The number of fused-ring (bicyclic) bond motifs is 1. The summed E-state index contributed by atoms with van der Waals surface area (Å²) in [6, 6.07) is 8.38. The van der Waals surface area contributed by atoms with E-state index in [0.717, 1.165) is 17.7 Å². The molecule has 2 aromatic heterocycles. The Bertz CT molecular complexity index is 1790. The number of hydrogen-bond donors (Lipinski definition) is 3. The summed E-state index contributed by atoms with van der Waals surface area (Å²) in [6.45, 7) is 12.3. The van der Waals surface area contributed by atoms with E-state index in [1.54, 1.807) is 41.9 Å². The first-order valence-corrected chi connectivity index (χ1v) is 15.0. The molecule has 2 heterocycles. The Morgan fingerprint density at radius 3 is 2.28 bits per heavy atom. The van der Waals surface area contributed by atoms with Crippen LogP contribution in [0.25, 0.3) is 17.0 Å². The molecule has 244 valence electrons. The third-order valence-corrected chi connectivity index (χ3v) is 8.02. The second-order valence-corrected chi connectivity index (χ2v) is 12.9. The highest BCUT2D eigenvalue weighted by molar-refractivity contribution is 6.07. The summed E-state index contributed by atoms with van der Waals surface area (Å²) in [7, 11) is 0. The predicted octanol–water partition coefficient (Wildman–Crippen LogP) is 6.61. The van der Waals surface area contributed by atoms with Crippen LogP contribution in [0, 0.1) is 24.7 Å². The van der Waals surface area contributed by atoms with E-state index in [4.69, 9.17) is 5.73 Å². The van der Waals surface area contributed by atoms with Gasteiger partial charge in [-0.05, 0) is 67.0 Å². The van der Waals surface area contributed by atoms with Gasteiger partial charge in [-0.2, -0.15) is 13.2 Å². The molecule has 0 aliphatic heterocycles. The maximum Gasteiger partial charge on any atom is 0.417 e. The second kappa shape index (κ2) is 12.9. The van der Waals surface area contributed by atoms with E-state index >= 15 is 0 Å². The number of carbonyl (C=O) groups is 3. The Morgan fingerprint density at radius 1 is 1.02 bits per heavy atom. The quantitative estimate of drug-likeness (QED) is 0.197. The first-order valence-electron chi connectivity index (χ1n) is 15.0. The fourth-order valence-corrected chi connectivity index (χ4v) is 4.43. The Morgan fingerprint density at radius 2 is 1.70 bits per heavy atom. The van der Waals surface area contributed by atoms with Crippen molar-refractivity contribution in [3.05, 3.63) is 82.8 Å². The molecular formula is C34H39F3N6O3. The molecule has 0 radical (unpaired) electrons. The van der Waals surface area contributed by atoms with Gasteiger partial charge in [0.1, 0.15) is 5.41 Å². The van der Waals surface area contributed by atoms with E-state index in [2.05, 4.69) is 48.3 Å². The fraction of sp³-hybridized carbons (Fsp3) is 0.382. The summed E-state index contributed by atoms with van der Waals surface area (Å²) >= 11 is 0. The van der Waals surface area contributed by atoms with Gasteiger partial charge in [0, 0.05) is 36.4 Å². The van der Waals surface area contributed by atoms with Crippen molar-refractivity contribution in [3.63, 3.8) is 0 Å². The molecule has 12 heteroatoms. The number of anilines is 1. The predicted molar refractivity (Wildman–Crippen MR) is 170 cm³/mol. The topological polar surface area (TPSA) is 131 Å². The molecule has 2 aromatic carbocycles. The maximum atomic E-state index is 14.0. The van der Waals surface area contributed by atoms with Gasteiger partial charge in [0.05, 0.1) is 16.8 Å². The number of alkyl halides is 3. The number of aryl methyl sites for hydroxylation is 2. The molecule has 5 rings (SSSR count). The maximum absolute atomic E-state index is 14.0. The normalized spacial score (nSPS) is 13.8. The fourth-order valence-electron chi connectivity index (χ4n) is 4.43. The molecular weight excluding hydrogens is 597 g/mol. The summed E-state index contributed by atoms with van der Waals surface area (Å²) < 4.78 is 43.7. The molecule has 0 unspecified atom stereocenters. The zero-order valence-electron chi connectivity index (χ0n) is 26.8. The van der Waals surface area contributed by atoms with Gasteiger partial charge in [-0.1, -0.05) is 52.3 Å². The van der Waals surface area contributed by atoms with E-state index in [1.165, 1.54) is 12.5 Å². The Hall–Kier alpha value is -4.74. The van der Waals surface area contributed by atoms with E-state index in [-0.39, 0.29) is 12.1 Å². The molecule has 46 heavy (non-hydrogen) atoms. The molecule has 4 N–H and O–H groups in total. The molecule has 9 nitrogen and oxygen atoms in total. The van der Waals surface area contributed by atoms with E-state index in [9.17, 15) is 27.6 Å². The number of amides is 3. The molecule has 1 aliphatic carbocycles. The average Bonchev–Trinajstić information content (AvgIpc) is 3.70. The van der Waals surface area contributed by atoms with Gasteiger partial charge in [0.2, 0.25) is 17.6 Å². The van der Waals surface area contributed by atoms with Gasteiger partial charge in [-0.15, -0.1) is 0 Å². The van der Waals surface area contributed by atoms with Crippen LogP contribution in [0.5, 0.6) is 0 Å². The summed E-state index contributed by atoms with van der Waals surface area (Å²) in [6.07, 6.45) is 2.37. The number of nitrogens with one attached hydrogen (secondary N) is 2. The highest BCUT2D eigenvalue weighted by Crippen LogP contribution is 2.45. The van der Waals surface area contributed by atoms with Gasteiger partial charge in [0.15, 0.2) is 0 Å². The van der Waals surface area contributed by atoms with Crippen molar-refractivity contribution in [1.29, 1.82) is 0 Å². The largest absolute Gasteiger partial charge is 0.417 e. The molecule has 3 amide bonds. The minimum absolute atomic E-state index is 0.117. The average molecular weight is 637 g/mol. The third-order valence-electron chi connectivity index (χ3n) is 8.02. The van der Waals surface area contributed by atoms with Crippen molar-refractivity contribution >= 4 is 29.2 Å². The van der Waals surface area contributed by atoms with Crippen molar-refractivity contribution in [2.45, 2.75) is 73.5 Å². The highest BCUT2D eigenvalue weighted by atomic mass is 19.4. The second-order valence-electron chi connectivity index (χ2n) is 12.9. The number of nitrogens with two attached hydrogens (primary N) is 1. The van der Waals surface area contributed by atoms with Crippen LogP contribution in [-0.2, 0) is 22.3 Å². The molecule has 1 saturated carbocycles. The number of aromatic nitrogens is 3. The van der Waals surface area contributed by atoms with Crippen molar-refractivity contribution in [2.75, 3.05) is 5.32 Å². The van der Waals surface area contributed by atoms with Crippen LogP contribution in [0.4, 0.5) is 18.9 Å². The Labute approximate surface area is 265 Å². The molecule has 0 spiro atoms. The van der Waals surface area contributed by atoms with Crippen molar-refractivity contribution < 1.29 is 27.6 Å². The minimum Gasteiger partial charge on any atom is -0.369 e. The number of hydrogen-bond acceptors (Lipinski definition) is 5. The number of nitrogens with zero attached hydrogens (tertiary/aromatic N) is 3. The molecule has 1 fully saturated rings. The van der Waals surface area contributed by atoms with E-state index in [1.807, 2.05) is 13.1 Å². The zero-order valence-corrected chi connectivity index (χ0v) is 26.8. The number of rotatable bonds is 7.